The van der Waals surface area contributed by atoms with Crippen molar-refractivity contribution >= 4 is 15.9 Å². The summed E-state index contributed by atoms with van der Waals surface area (Å²) in [7, 11) is 1.68. The number of fused-ring (bicyclic) bond motifs is 1. The molecule has 0 amide bonds. The fraction of sp³-hybridized carbons (Fsp3) is 0.353. The highest BCUT2D eigenvalue weighted by Crippen LogP contribution is 2.26. The lowest BCUT2D eigenvalue weighted by atomic mass is 10.2. The fourth-order valence-electron chi connectivity index (χ4n) is 2.69. The van der Waals surface area contributed by atoms with Crippen molar-refractivity contribution in [2.24, 2.45) is 0 Å². The quantitative estimate of drug-likeness (QED) is 0.780. The van der Waals surface area contributed by atoms with Crippen molar-refractivity contribution in [1.82, 2.24) is 9.88 Å². The molecule has 1 aliphatic rings. The molecular weight excluding hydrogens is 344 g/mol. The SMILES string of the molecule is COc1ccc(CN2Cc3nc(Br)ccc3O[C@H](C)C2)cc1. The van der Waals surface area contributed by atoms with Crippen molar-refractivity contribution < 1.29 is 9.47 Å². The van der Waals surface area contributed by atoms with Crippen LogP contribution in [-0.2, 0) is 13.1 Å². The third-order valence-corrected chi connectivity index (χ3v) is 4.12. The van der Waals surface area contributed by atoms with Crippen LogP contribution in [0.4, 0.5) is 0 Å². The van der Waals surface area contributed by atoms with Crippen LogP contribution in [-0.4, -0.2) is 29.6 Å². The molecule has 0 N–H and O–H groups in total. The Morgan fingerprint density at radius 3 is 2.77 bits per heavy atom. The van der Waals surface area contributed by atoms with E-state index < -0.39 is 0 Å². The van der Waals surface area contributed by atoms with Gasteiger partial charge < -0.3 is 9.47 Å². The second kappa shape index (κ2) is 6.67. The lowest BCUT2D eigenvalue weighted by molar-refractivity contribution is 0.156. The largest absolute Gasteiger partial charge is 0.497 e. The number of benzene rings is 1. The monoisotopic (exact) mass is 362 g/mol. The molecule has 1 atom stereocenters. The van der Waals surface area contributed by atoms with E-state index in [2.05, 4.69) is 44.9 Å². The molecule has 2 aromatic rings. The molecule has 1 aliphatic heterocycles. The number of hydrogen-bond acceptors (Lipinski definition) is 4. The van der Waals surface area contributed by atoms with Gasteiger partial charge in [0.2, 0.25) is 0 Å². The average molecular weight is 363 g/mol. The van der Waals surface area contributed by atoms with E-state index in [-0.39, 0.29) is 6.10 Å². The molecular formula is C17H19BrN2O2. The summed E-state index contributed by atoms with van der Waals surface area (Å²) in [6, 6.07) is 12.1. The molecule has 1 aromatic heterocycles. The van der Waals surface area contributed by atoms with E-state index in [4.69, 9.17) is 9.47 Å². The molecule has 116 valence electrons. The first kappa shape index (κ1) is 15.3. The first-order valence-corrected chi connectivity index (χ1v) is 8.10. The predicted molar refractivity (Wildman–Crippen MR) is 89.1 cm³/mol. The Morgan fingerprint density at radius 1 is 1.27 bits per heavy atom. The highest BCUT2D eigenvalue weighted by molar-refractivity contribution is 9.10. The van der Waals surface area contributed by atoms with E-state index in [1.807, 2.05) is 24.3 Å². The number of hydrogen-bond donors (Lipinski definition) is 0. The number of pyridine rings is 1. The number of methoxy groups -OCH3 is 1. The minimum atomic E-state index is 0.141. The van der Waals surface area contributed by atoms with Crippen LogP contribution in [0.3, 0.4) is 0 Å². The fourth-order valence-corrected chi connectivity index (χ4v) is 3.03. The Bertz CT molecular complexity index is 646. The zero-order valence-electron chi connectivity index (χ0n) is 12.8. The van der Waals surface area contributed by atoms with Crippen LogP contribution < -0.4 is 9.47 Å². The molecule has 22 heavy (non-hydrogen) atoms. The Labute approximate surface area is 139 Å². The summed E-state index contributed by atoms with van der Waals surface area (Å²) in [5.41, 5.74) is 2.23. The molecule has 0 unspecified atom stereocenters. The molecule has 0 radical (unpaired) electrons. The number of nitrogens with zero attached hydrogens (tertiary/aromatic N) is 2. The predicted octanol–water partition coefficient (Wildman–Crippen LogP) is 3.64. The lowest BCUT2D eigenvalue weighted by Gasteiger charge is -2.21. The molecule has 0 fully saturated rings. The summed E-state index contributed by atoms with van der Waals surface area (Å²) < 4.78 is 12.0. The number of aromatic nitrogens is 1. The molecule has 2 heterocycles. The summed E-state index contributed by atoms with van der Waals surface area (Å²) in [6.45, 7) is 4.62. The Hall–Kier alpha value is -1.59. The first-order chi connectivity index (χ1) is 10.6. The van der Waals surface area contributed by atoms with Crippen LogP contribution in [0.15, 0.2) is 41.0 Å². The van der Waals surface area contributed by atoms with Gasteiger partial charge >= 0.3 is 0 Å². The van der Waals surface area contributed by atoms with Gasteiger partial charge in [-0.2, -0.15) is 0 Å². The van der Waals surface area contributed by atoms with E-state index >= 15 is 0 Å². The second-order valence-corrected chi connectivity index (χ2v) is 6.34. The van der Waals surface area contributed by atoms with E-state index in [0.717, 1.165) is 41.4 Å². The second-order valence-electron chi connectivity index (χ2n) is 5.52. The normalized spacial score (nSPS) is 18.2. The maximum Gasteiger partial charge on any atom is 0.142 e. The summed E-state index contributed by atoms with van der Waals surface area (Å²) in [5.74, 6) is 1.76. The minimum absolute atomic E-state index is 0.141. The summed E-state index contributed by atoms with van der Waals surface area (Å²) in [6.07, 6.45) is 0.141. The van der Waals surface area contributed by atoms with Gasteiger partial charge in [0.05, 0.1) is 12.8 Å². The van der Waals surface area contributed by atoms with Crippen LogP contribution in [0.25, 0.3) is 0 Å². The van der Waals surface area contributed by atoms with Crippen molar-refractivity contribution in [3.8, 4) is 11.5 Å². The van der Waals surface area contributed by atoms with Crippen molar-refractivity contribution in [2.45, 2.75) is 26.1 Å². The van der Waals surface area contributed by atoms with E-state index in [9.17, 15) is 0 Å². The maximum atomic E-state index is 5.97. The number of rotatable bonds is 3. The summed E-state index contributed by atoms with van der Waals surface area (Å²) in [4.78, 5) is 6.92. The molecule has 3 rings (SSSR count). The molecule has 0 aliphatic carbocycles. The van der Waals surface area contributed by atoms with E-state index in [0.29, 0.717) is 0 Å². The zero-order chi connectivity index (χ0) is 15.5. The van der Waals surface area contributed by atoms with E-state index in [1.165, 1.54) is 5.56 Å². The van der Waals surface area contributed by atoms with Gasteiger partial charge in [0.15, 0.2) is 0 Å². The Morgan fingerprint density at radius 2 is 2.05 bits per heavy atom. The molecule has 5 heteroatoms. The van der Waals surface area contributed by atoms with Crippen LogP contribution in [0.5, 0.6) is 11.5 Å². The van der Waals surface area contributed by atoms with Crippen molar-refractivity contribution in [3.63, 3.8) is 0 Å². The number of halogens is 1. The van der Waals surface area contributed by atoms with Crippen LogP contribution in [0, 0.1) is 0 Å². The van der Waals surface area contributed by atoms with Crippen LogP contribution in [0.1, 0.15) is 18.2 Å². The topological polar surface area (TPSA) is 34.6 Å². The van der Waals surface area contributed by atoms with Crippen LogP contribution in [0.2, 0.25) is 0 Å². The van der Waals surface area contributed by atoms with Crippen molar-refractivity contribution in [1.29, 1.82) is 0 Å². The minimum Gasteiger partial charge on any atom is -0.497 e. The smallest absolute Gasteiger partial charge is 0.142 e. The van der Waals surface area contributed by atoms with Gasteiger partial charge in [-0.05, 0) is 52.7 Å². The summed E-state index contributed by atoms with van der Waals surface area (Å²) in [5, 5.41) is 0. The van der Waals surface area contributed by atoms with Gasteiger partial charge in [0, 0.05) is 19.6 Å². The molecule has 0 spiro atoms. The molecule has 4 nitrogen and oxygen atoms in total. The van der Waals surface area contributed by atoms with Crippen LogP contribution >= 0.6 is 15.9 Å². The van der Waals surface area contributed by atoms with E-state index in [1.54, 1.807) is 7.11 Å². The van der Waals surface area contributed by atoms with Gasteiger partial charge in [-0.3, -0.25) is 4.90 Å². The molecule has 0 saturated heterocycles. The number of ether oxygens (including phenoxy) is 2. The zero-order valence-corrected chi connectivity index (χ0v) is 14.3. The van der Waals surface area contributed by atoms with Gasteiger partial charge in [0.25, 0.3) is 0 Å². The Balaban J connectivity index is 1.78. The third-order valence-electron chi connectivity index (χ3n) is 3.68. The Kier molecular flexibility index (Phi) is 4.64. The lowest BCUT2D eigenvalue weighted by Crippen LogP contribution is -2.30. The highest BCUT2D eigenvalue weighted by Gasteiger charge is 2.21. The van der Waals surface area contributed by atoms with Crippen molar-refractivity contribution in [2.75, 3.05) is 13.7 Å². The highest BCUT2D eigenvalue weighted by atomic mass is 79.9. The van der Waals surface area contributed by atoms with Gasteiger partial charge in [-0.15, -0.1) is 0 Å². The average Bonchev–Trinajstić information content (AvgIpc) is 2.65. The maximum absolute atomic E-state index is 5.97. The van der Waals surface area contributed by atoms with Crippen molar-refractivity contribution in [3.05, 3.63) is 52.3 Å². The van der Waals surface area contributed by atoms with Gasteiger partial charge in [0.1, 0.15) is 22.2 Å². The first-order valence-electron chi connectivity index (χ1n) is 7.31. The molecule has 0 saturated carbocycles. The standard InChI is InChI=1S/C17H19BrN2O2/c1-12-9-20(10-13-3-5-14(21-2)6-4-13)11-15-16(22-12)7-8-17(18)19-15/h3-8,12H,9-11H2,1-2H3/t12-/m1/s1. The van der Waals surface area contributed by atoms with Gasteiger partial charge in [-0.25, -0.2) is 4.98 Å². The third kappa shape index (κ3) is 3.59. The van der Waals surface area contributed by atoms with Gasteiger partial charge in [-0.1, -0.05) is 12.1 Å². The molecule has 0 bridgehead atoms. The molecule has 1 aromatic carbocycles. The summed E-state index contributed by atoms with van der Waals surface area (Å²) >= 11 is 3.43.